The number of carbonyl (C=O) groups is 1. The summed E-state index contributed by atoms with van der Waals surface area (Å²) < 4.78 is 0. The molecule has 1 heterocycles. The maximum absolute atomic E-state index is 12.2. The van der Waals surface area contributed by atoms with Gasteiger partial charge in [0.1, 0.15) is 6.04 Å². The molecule has 0 saturated carbocycles. The van der Waals surface area contributed by atoms with Crippen LogP contribution in [0.2, 0.25) is 0 Å². The Bertz CT molecular complexity index is 665. The second-order valence-electron chi connectivity index (χ2n) is 4.34. The zero-order valence-corrected chi connectivity index (χ0v) is 9.87. The van der Waals surface area contributed by atoms with Gasteiger partial charge in [-0.15, -0.1) is 0 Å². The van der Waals surface area contributed by atoms with Gasteiger partial charge in [0.2, 0.25) is 0 Å². The molecule has 2 aromatic rings. The zero-order valence-electron chi connectivity index (χ0n) is 9.87. The molecule has 5 heteroatoms. The summed E-state index contributed by atoms with van der Waals surface area (Å²) in [6.45, 7) is 0. The van der Waals surface area contributed by atoms with E-state index >= 15 is 0 Å². The predicted octanol–water partition coefficient (Wildman–Crippen LogP) is 2.94. The molecule has 2 aromatic carbocycles. The minimum Gasteiger partial charge on any atom is -0.371 e. The van der Waals surface area contributed by atoms with Crippen LogP contribution < -0.4 is 5.32 Å². The van der Waals surface area contributed by atoms with Gasteiger partial charge in [-0.1, -0.05) is 12.1 Å². The first-order valence-electron chi connectivity index (χ1n) is 5.81. The average Bonchev–Trinajstić information content (AvgIpc) is 2.77. The minimum absolute atomic E-state index is 0.00977. The molecule has 0 bridgehead atoms. The van der Waals surface area contributed by atoms with Gasteiger partial charge in [0.25, 0.3) is 5.69 Å². The van der Waals surface area contributed by atoms with Gasteiger partial charge in [-0.3, -0.25) is 14.9 Å². The Hall–Kier alpha value is -2.69. The van der Waals surface area contributed by atoms with Crippen LogP contribution in [0.3, 0.4) is 0 Å². The third kappa shape index (κ3) is 1.85. The Kier molecular flexibility index (Phi) is 2.52. The Labute approximate surface area is 109 Å². The zero-order chi connectivity index (χ0) is 13.4. The van der Waals surface area contributed by atoms with Gasteiger partial charge in [-0.25, -0.2) is 0 Å². The van der Waals surface area contributed by atoms with Crippen LogP contribution in [0.1, 0.15) is 22.0 Å². The highest BCUT2D eigenvalue weighted by molar-refractivity contribution is 6.10. The number of nitrogens with one attached hydrogen (secondary N) is 1. The molecule has 1 aliphatic heterocycles. The summed E-state index contributed by atoms with van der Waals surface area (Å²) in [5, 5.41) is 13.7. The van der Waals surface area contributed by atoms with Crippen molar-refractivity contribution in [2.75, 3.05) is 5.32 Å². The van der Waals surface area contributed by atoms with Crippen molar-refractivity contribution >= 4 is 17.2 Å². The number of ketones is 1. The maximum Gasteiger partial charge on any atom is 0.269 e. The molecule has 0 spiro atoms. The SMILES string of the molecule is O=C1c2ccccc2N[C@@H]1c1ccc([N+](=O)[O-])cc1. The lowest BCUT2D eigenvalue weighted by atomic mass is 10.0. The number of nitrogens with zero attached hydrogens (tertiary/aromatic N) is 1. The molecule has 5 nitrogen and oxygen atoms in total. The third-order valence-electron chi connectivity index (χ3n) is 3.19. The normalized spacial score (nSPS) is 16.8. The highest BCUT2D eigenvalue weighted by Crippen LogP contribution is 2.34. The largest absolute Gasteiger partial charge is 0.371 e. The molecule has 1 N–H and O–H groups in total. The fourth-order valence-electron chi connectivity index (χ4n) is 2.22. The number of anilines is 1. The van der Waals surface area contributed by atoms with Crippen LogP contribution in [0.4, 0.5) is 11.4 Å². The number of carbonyl (C=O) groups excluding carboxylic acids is 1. The van der Waals surface area contributed by atoms with E-state index in [0.29, 0.717) is 5.56 Å². The predicted molar refractivity (Wildman–Crippen MR) is 70.2 cm³/mol. The molecule has 3 rings (SSSR count). The van der Waals surface area contributed by atoms with Crippen molar-refractivity contribution in [2.45, 2.75) is 6.04 Å². The van der Waals surface area contributed by atoms with Crippen LogP contribution >= 0.6 is 0 Å². The molecule has 0 unspecified atom stereocenters. The summed E-state index contributed by atoms with van der Waals surface area (Å²) in [7, 11) is 0. The number of Topliss-reactive ketones (excluding diaryl/α,β-unsaturated/α-hetero) is 1. The Balaban J connectivity index is 1.93. The van der Waals surface area contributed by atoms with Gasteiger partial charge in [0, 0.05) is 23.4 Å². The molecule has 0 fully saturated rings. The second kappa shape index (κ2) is 4.20. The molecule has 0 radical (unpaired) electrons. The number of rotatable bonds is 2. The quantitative estimate of drug-likeness (QED) is 0.660. The molecular formula is C14H10N2O3. The van der Waals surface area contributed by atoms with E-state index < -0.39 is 11.0 Å². The molecule has 19 heavy (non-hydrogen) atoms. The molecule has 1 aliphatic rings. The monoisotopic (exact) mass is 254 g/mol. The number of fused-ring (bicyclic) bond motifs is 1. The van der Waals surface area contributed by atoms with Gasteiger partial charge < -0.3 is 5.32 Å². The van der Waals surface area contributed by atoms with E-state index in [1.54, 1.807) is 18.2 Å². The number of nitro benzene ring substituents is 1. The highest BCUT2D eigenvalue weighted by Gasteiger charge is 2.30. The number of para-hydroxylation sites is 1. The lowest BCUT2D eigenvalue weighted by Crippen LogP contribution is -2.12. The molecular weight excluding hydrogens is 244 g/mol. The van der Waals surface area contributed by atoms with Gasteiger partial charge in [0.15, 0.2) is 5.78 Å². The fourth-order valence-corrected chi connectivity index (χ4v) is 2.22. The van der Waals surface area contributed by atoms with Crippen LogP contribution in [-0.4, -0.2) is 10.7 Å². The molecule has 0 aromatic heterocycles. The van der Waals surface area contributed by atoms with E-state index in [2.05, 4.69) is 5.32 Å². The second-order valence-corrected chi connectivity index (χ2v) is 4.34. The average molecular weight is 254 g/mol. The summed E-state index contributed by atoms with van der Waals surface area (Å²) in [5.41, 5.74) is 2.21. The number of hydrogen-bond donors (Lipinski definition) is 1. The summed E-state index contributed by atoms with van der Waals surface area (Å²) in [4.78, 5) is 22.4. The highest BCUT2D eigenvalue weighted by atomic mass is 16.6. The lowest BCUT2D eigenvalue weighted by Gasteiger charge is -2.09. The number of nitro groups is 1. The van der Waals surface area contributed by atoms with E-state index in [1.165, 1.54) is 12.1 Å². The fraction of sp³-hybridized carbons (Fsp3) is 0.0714. The Morgan fingerprint density at radius 2 is 1.74 bits per heavy atom. The molecule has 0 saturated heterocycles. The molecule has 94 valence electrons. The van der Waals surface area contributed by atoms with Crippen LogP contribution in [0, 0.1) is 10.1 Å². The van der Waals surface area contributed by atoms with E-state index in [4.69, 9.17) is 0 Å². The first-order chi connectivity index (χ1) is 9.16. The molecule has 1 atom stereocenters. The molecule has 0 aliphatic carbocycles. The van der Waals surface area contributed by atoms with Gasteiger partial charge in [-0.2, -0.15) is 0 Å². The Morgan fingerprint density at radius 3 is 2.37 bits per heavy atom. The summed E-state index contributed by atoms with van der Waals surface area (Å²) >= 11 is 0. The standard InChI is InChI=1S/C14H10N2O3/c17-14-11-3-1-2-4-12(11)15-13(14)9-5-7-10(8-6-9)16(18)19/h1-8,13,15H/t13-/m1/s1. The van der Waals surface area contributed by atoms with Gasteiger partial charge >= 0.3 is 0 Å². The van der Waals surface area contributed by atoms with E-state index in [0.717, 1.165) is 11.3 Å². The first kappa shape index (κ1) is 11.4. The van der Waals surface area contributed by atoms with Gasteiger partial charge in [-0.05, 0) is 29.8 Å². The smallest absolute Gasteiger partial charge is 0.269 e. The van der Waals surface area contributed by atoms with Crippen molar-refractivity contribution in [1.82, 2.24) is 0 Å². The van der Waals surface area contributed by atoms with Crippen LogP contribution in [0.25, 0.3) is 0 Å². The van der Waals surface area contributed by atoms with Crippen molar-refractivity contribution in [3.05, 3.63) is 69.8 Å². The lowest BCUT2D eigenvalue weighted by molar-refractivity contribution is -0.384. The Morgan fingerprint density at radius 1 is 1.05 bits per heavy atom. The van der Waals surface area contributed by atoms with Gasteiger partial charge in [0.05, 0.1) is 4.92 Å². The third-order valence-corrected chi connectivity index (χ3v) is 3.19. The molecule has 0 amide bonds. The van der Waals surface area contributed by atoms with Crippen LogP contribution in [0.5, 0.6) is 0 Å². The summed E-state index contributed by atoms with van der Waals surface area (Å²) in [6, 6.07) is 12.9. The topological polar surface area (TPSA) is 72.2 Å². The van der Waals surface area contributed by atoms with Crippen molar-refractivity contribution in [3.8, 4) is 0 Å². The van der Waals surface area contributed by atoms with Crippen molar-refractivity contribution in [2.24, 2.45) is 0 Å². The number of hydrogen-bond acceptors (Lipinski definition) is 4. The first-order valence-corrected chi connectivity index (χ1v) is 5.81. The van der Waals surface area contributed by atoms with Crippen molar-refractivity contribution in [1.29, 1.82) is 0 Å². The summed E-state index contributed by atoms with van der Waals surface area (Å²) in [6.07, 6.45) is 0. The van der Waals surface area contributed by atoms with E-state index in [-0.39, 0.29) is 11.5 Å². The number of non-ortho nitro benzene ring substituents is 1. The maximum atomic E-state index is 12.2. The van der Waals surface area contributed by atoms with E-state index in [9.17, 15) is 14.9 Å². The summed E-state index contributed by atoms with van der Waals surface area (Å²) in [5.74, 6) is -0.00977. The van der Waals surface area contributed by atoms with Crippen LogP contribution in [-0.2, 0) is 0 Å². The number of benzene rings is 2. The van der Waals surface area contributed by atoms with Crippen molar-refractivity contribution in [3.63, 3.8) is 0 Å². The van der Waals surface area contributed by atoms with Crippen LogP contribution in [0.15, 0.2) is 48.5 Å². The van der Waals surface area contributed by atoms with E-state index in [1.807, 2.05) is 18.2 Å². The minimum atomic E-state index is -0.460. The van der Waals surface area contributed by atoms with Crippen molar-refractivity contribution < 1.29 is 9.72 Å².